The highest BCUT2D eigenvalue weighted by molar-refractivity contribution is 5.27. The minimum absolute atomic E-state index is 0.442. The predicted molar refractivity (Wildman–Crippen MR) is 82.0 cm³/mol. The molecule has 0 saturated carbocycles. The summed E-state index contributed by atoms with van der Waals surface area (Å²) in [5.41, 5.74) is 1.28. The van der Waals surface area contributed by atoms with Crippen molar-refractivity contribution in [1.29, 1.82) is 0 Å². The molecule has 1 N–H and O–H groups in total. The average Bonchev–Trinajstić information content (AvgIpc) is 2.94. The zero-order valence-corrected chi connectivity index (χ0v) is 12.3. The molecule has 2 atom stereocenters. The molecule has 1 saturated heterocycles. The van der Waals surface area contributed by atoms with Gasteiger partial charge in [0.15, 0.2) is 0 Å². The quantitative estimate of drug-likeness (QED) is 0.739. The molecule has 0 amide bonds. The molecule has 1 heterocycles. The van der Waals surface area contributed by atoms with Gasteiger partial charge in [-0.2, -0.15) is 0 Å². The molecule has 0 bridgehead atoms. The molecule has 0 aromatic heterocycles. The Morgan fingerprint density at radius 1 is 1.40 bits per heavy atom. The summed E-state index contributed by atoms with van der Waals surface area (Å²) in [7, 11) is 0. The van der Waals surface area contributed by atoms with Crippen molar-refractivity contribution in [2.75, 3.05) is 19.8 Å². The van der Waals surface area contributed by atoms with Gasteiger partial charge in [-0.3, -0.25) is 0 Å². The molecule has 1 fully saturated rings. The first-order valence-corrected chi connectivity index (χ1v) is 7.48. The van der Waals surface area contributed by atoms with Gasteiger partial charge in [0.1, 0.15) is 12.4 Å². The van der Waals surface area contributed by atoms with E-state index in [1.54, 1.807) is 6.08 Å². The van der Waals surface area contributed by atoms with Crippen LogP contribution in [0.2, 0.25) is 0 Å². The third-order valence-corrected chi connectivity index (χ3v) is 3.78. The summed E-state index contributed by atoms with van der Waals surface area (Å²) in [6.45, 7) is 9.24. The van der Waals surface area contributed by atoms with Gasteiger partial charge in [0, 0.05) is 19.7 Å². The van der Waals surface area contributed by atoms with E-state index in [4.69, 9.17) is 9.47 Å². The van der Waals surface area contributed by atoms with Crippen LogP contribution in [0.3, 0.4) is 0 Å². The van der Waals surface area contributed by atoms with Crippen LogP contribution in [-0.4, -0.2) is 25.9 Å². The van der Waals surface area contributed by atoms with Crippen molar-refractivity contribution in [2.24, 2.45) is 5.92 Å². The first-order valence-electron chi connectivity index (χ1n) is 7.48. The Morgan fingerprint density at radius 2 is 2.20 bits per heavy atom. The molecule has 0 radical (unpaired) electrons. The first-order chi connectivity index (χ1) is 9.83. The fourth-order valence-electron chi connectivity index (χ4n) is 2.64. The fourth-order valence-corrected chi connectivity index (χ4v) is 2.64. The van der Waals surface area contributed by atoms with Crippen molar-refractivity contribution in [2.45, 2.75) is 32.4 Å². The second kappa shape index (κ2) is 8.08. The summed E-state index contributed by atoms with van der Waals surface area (Å²) in [4.78, 5) is 0. The molecule has 3 heteroatoms. The summed E-state index contributed by atoms with van der Waals surface area (Å²) in [5.74, 6) is 1.55. The molecule has 1 aromatic carbocycles. The van der Waals surface area contributed by atoms with Crippen molar-refractivity contribution < 1.29 is 9.47 Å². The van der Waals surface area contributed by atoms with Gasteiger partial charge in [-0.05, 0) is 36.5 Å². The standard InChI is InChI=1S/C17H25NO2/c1-3-10-19-16-7-5-14(6-8-16)12-18-13-15-9-11-20-17(15)4-2/h3,5-8,15,17-18H,1,4,9-13H2,2H3. The second-order valence-corrected chi connectivity index (χ2v) is 5.24. The minimum atomic E-state index is 0.442. The van der Waals surface area contributed by atoms with E-state index in [1.165, 1.54) is 12.0 Å². The average molecular weight is 275 g/mol. The van der Waals surface area contributed by atoms with Gasteiger partial charge in [0.2, 0.25) is 0 Å². The molecule has 2 unspecified atom stereocenters. The van der Waals surface area contributed by atoms with Gasteiger partial charge < -0.3 is 14.8 Å². The Hall–Kier alpha value is -1.32. The monoisotopic (exact) mass is 275 g/mol. The normalized spacial score (nSPS) is 21.9. The highest BCUT2D eigenvalue weighted by atomic mass is 16.5. The fraction of sp³-hybridized carbons (Fsp3) is 0.529. The van der Waals surface area contributed by atoms with Crippen molar-refractivity contribution >= 4 is 0 Å². The van der Waals surface area contributed by atoms with E-state index in [2.05, 4.69) is 31.0 Å². The molecule has 110 valence electrons. The van der Waals surface area contributed by atoms with Crippen LogP contribution in [0.15, 0.2) is 36.9 Å². The van der Waals surface area contributed by atoms with E-state index in [0.29, 0.717) is 18.6 Å². The Bertz CT molecular complexity index is 402. The summed E-state index contributed by atoms with van der Waals surface area (Å²) in [6, 6.07) is 8.23. The zero-order chi connectivity index (χ0) is 14.2. The second-order valence-electron chi connectivity index (χ2n) is 5.24. The number of nitrogens with one attached hydrogen (secondary N) is 1. The van der Waals surface area contributed by atoms with Crippen LogP contribution >= 0.6 is 0 Å². The smallest absolute Gasteiger partial charge is 0.119 e. The lowest BCUT2D eigenvalue weighted by Crippen LogP contribution is -2.27. The van der Waals surface area contributed by atoms with Crippen LogP contribution in [0.25, 0.3) is 0 Å². The lowest BCUT2D eigenvalue weighted by Gasteiger charge is -2.17. The van der Waals surface area contributed by atoms with Gasteiger partial charge in [-0.1, -0.05) is 31.7 Å². The number of rotatable bonds is 8. The topological polar surface area (TPSA) is 30.5 Å². The van der Waals surface area contributed by atoms with Gasteiger partial charge in [-0.15, -0.1) is 0 Å². The third kappa shape index (κ3) is 4.36. The Morgan fingerprint density at radius 3 is 2.90 bits per heavy atom. The maximum absolute atomic E-state index is 5.71. The highest BCUT2D eigenvalue weighted by Crippen LogP contribution is 2.22. The predicted octanol–water partition coefficient (Wildman–Crippen LogP) is 3.16. The number of ether oxygens (including phenoxy) is 2. The van der Waals surface area contributed by atoms with Gasteiger partial charge in [0.25, 0.3) is 0 Å². The van der Waals surface area contributed by atoms with E-state index >= 15 is 0 Å². The Kier molecular flexibility index (Phi) is 6.09. The van der Waals surface area contributed by atoms with Gasteiger partial charge >= 0.3 is 0 Å². The molecule has 2 rings (SSSR count). The lowest BCUT2D eigenvalue weighted by atomic mass is 9.99. The van der Waals surface area contributed by atoms with Crippen LogP contribution in [0.5, 0.6) is 5.75 Å². The summed E-state index contributed by atoms with van der Waals surface area (Å²) in [5, 5.41) is 3.53. The number of hydrogen-bond donors (Lipinski definition) is 1. The van der Waals surface area contributed by atoms with E-state index in [-0.39, 0.29) is 0 Å². The molecule has 0 spiro atoms. The van der Waals surface area contributed by atoms with Crippen LogP contribution in [0.4, 0.5) is 0 Å². The van der Waals surface area contributed by atoms with Gasteiger partial charge in [-0.25, -0.2) is 0 Å². The molecular weight excluding hydrogens is 250 g/mol. The third-order valence-electron chi connectivity index (χ3n) is 3.78. The summed E-state index contributed by atoms with van der Waals surface area (Å²) in [6.07, 6.45) is 4.49. The SMILES string of the molecule is C=CCOc1ccc(CNCC2CCOC2CC)cc1. The maximum Gasteiger partial charge on any atom is 0.119 e. The summed E-state index contributed by atoms with van der Waals surface area (Å²) >= 11 is 0. The number of hydrogen-bond acceptors (Lipinski definition) is 3. The first kappa shape index (κ1) is 15.1. The molecule has 1 aromatic rings. The molecular formula is C17H25NO2. The van der Waals surface area contributed by atoms with Crippen molar-refractivity contribution in [3.63, 3.8) is 0 Å². The zero-order valence-electron chi connectivity index (χ0n) is 12.3. The molecule has 3 nitrogen and oxygen atoms in total. The highest BCUT2D eigenvalue weighted by Gasteiger charge is 2.25. The Balaban J connectivity index is 1.72. The van der Waals surface area contributed by atoms with Crippen molar-refractivity contribution in [3.8, 4) is 5.75 Å². The van der Waals surface area contributed by atoms with Crippen LogP contribution in [0, 0.1) is 5.92 Å². The van der Waals surface area contributed by atoms with Crippen LogP contribution < -0.4 is 10.1 Å². The van der Waals surface area contributed by atoms with Gasteiger partial charge in [0.05, 0.1) is 6.10 Å². The molecule has 1 aliphatic rings. The van der Waals surface area contributed by atoms with E-state index in [9.17, 15) is 0 Å². The molecule has 0 aliphatic carbocycles. The van der Waals surface area contributed by atoms with E-state index in [0.717, 1.165) is 31.9 Å². The maximum atomic E-state index is 5.71. The molecule has 20 heavy (non-hydrogen) atoms. The summed E-state index contributed by atoms with van der Waals surface area (Å²) < 4.78 is 11.2. The Labute approximate surface area is 122 Å². The largest absolute Gasteiger partial charge is 0.490 e. The lowest BCUT2D eigenvalue weighted by molar-refractivity contribution is 0.0872. The van der Waals surface area contributed by atoms with E-state index < -0.39 is 0 Å². The van der Waals surface area contributed by atoms with Crippen LogP contribution in [0.1, 0.15) is 25.3 Å². The van der Waals surface area contributed by atoms with E-state index in [1.807, 2.05) is 12.1 Å². The minimum Gasteiger partial charge on any atom is -0.490 e. The molecule has 1 aliphatic heterocycles. The number of benzene rings is 1. The van der Waals surface area contributed by atoms with Crippen molar-refractivity contribution in [3.05, 3.63) is 42.5 Å². The van der Waals surface area contributed by atoms with Crippen LogP contribution in [-0.2, 0) is 11.3 Å². The van der Waals surface area contributed by atoms with Crippen molar-refractivity contribution in [1.82, 2.24) is 5.32 Å².